The zero-order valence-corrected chi connectivity index (χ0v) is 11.4. The molecule has 2 rings (SSSR count). The minimum atomic E-state index is -2.97. The number of hydrogen-bond acceptors (Lipinski definition) is 6. The second-order valence-corrected chi connectivity index (χ2v) is 7.03. The fourth-order valence-electron chi connectivity index (χ4n) is 2.15. The first kappa shape index (κ1) is 14.4. The molecule has 1 fully saturated rings. The van der Waals surface area contributed by atoms with Gasteiger partial charge in [0.25, 0.3) is 5.69 Å². The molecule has 0 bridgehead atoms. The third-order valence-electron chi connectivity index (χ3n) is 3.27. The quantitative estimate of drug-likeness (QED) is 0.511. The van der Waals surface area contributed by atoms with Crippen molar-refractivity contribution in [2.24, 2.45) is 0 Å². The molecule has 1 aromatic carbocycles. The van der Waals surface area contributed by atoms with Gasteiger partial charge in [0, 0.05) is 17.7 Å². The van der Waals surface area contributed by atoms with Gasteiger partial charge in [-0.1, -0.05) is 0 Å². The van der Waals surface area contributed by atoms with Crippen molar-refractivity contribution in [2.45, 2.75) is 18.9 Å². The molecule has 1 aliphatic heterocycles. The highest BCUT2D eigenvalue weighted by molar-refractivity contribution is 7.91. The average molecular weight is 298 g/mol. The molecule has 0 spiro atoms. The van der Waals surface area contributed by atoms with Gasteiger partial charge in [-0.2, -0.15) is 0 Å². The fraction of sp³-hybridized carbons (Fsp3) is 0.417. The van der Waals surface area contributed by atoms with E-state index in [2.05, 4.69) is 5.32 Å². The first-order chi connectivity index (χ1) is 9.41. The minimum Gasteiger partial charge on any atom is -0.377 e. The van der Waals surface area contributed by atoms with Crippen molar-refractivity contribution < 1.29 is 18.1 Å². The Morgan fingerprint density at radius 1 is 1.30 bits per heavy atom. The molecule has 1 N–H and O–H groups in total. The van der Waals surface area contributed by atoms with Gasteiger partial charge in [-0.3, -0.25) is 14.9 Å². The molecular weight excluding hydrogens is 284 g/mol. The van der Waals surface area contributed by atoms with E-state index in [0.29, 0.717) is 24.8 Å². The van der Waals surface area contributed by atoms with Crippen LogP contribution in [0.15, 0.2) is 18.2 Å². The van der Waals surface area contributed by atoms with Gasteiger partial charge in [-0.15, -0.1) is 0 Å². The van der Waals surface area contributed by atoms with E-state index in [-0.39, 0.29) is 28.8 Å². The molecule has 0 amide bonds. The number of nitrogens with zero attached hydrogens (tertiary/aromatic N) is 1. The van der Waals surface area contributed by atoms with E-state index in [1.807, 2.05) is 0 Å². The van der Waals surface area contributed by atoms with Gasteiger partial charge in [-0.25, -0.2) is 8.42 Å². The Kier molecular flexibility index (Phi) is 4.03. The predicted octanol–water partition coefficient (Wildman–Crippen LogP) is 1.40. The Balaban J connectivity index is 2.17. The summed E-state index contributed by atoms with van der Waals surface area (Å²) < 4.78 is 22.7. The van der Waals surface area contributed by atoms with Gasteiger partial charge in [0.05, 0.1) is 16.4 Å². The number of carbonyl (C=O) groups excluding carboxylic acids is 1. The summed E-state index contributed by atoms with van der Waals surface area (Å²) in [6.45, 7) is 0. The standard InChI is InChI=1S/C12H14N2O5S/c15-8-9-1-2-11(12(7-9)14(16)17)13-10-3-5-20(18,19)6-4-10/h1-2,7-8,10,13H,3-6H2. The number of anilines is 1. The maximum absolute atomic E-state index is 11.3. The molecule has 8 heteroatoms. The lowest BCUT2D eigenvalue weighted by Crippen LogP contribution is -2.32. The lowest BCUT2D eigenvalue weighted by Gasteiger charge is -2.23. The Hall–Kier alpha value is -1.96. The highest BCUT2D eigenvalue weighted by atomic mass is 32.2. The number of sulfone groups is 1. The molecule has 0 radical (unpaired) electrons. The van der Waals surface area contributed by atoms with E-state index in [9.17, 15) is 23.3 Å². The fourth-order valence-corrected chi connectivity index (χ4v) is 3.64. The Bertz CT molecular complexity index is 627. The molecule has 0 saturated carbocycles. The van der Waals surface area contributed by atoms with Gasteiger partial charge in [0.15, 0.2) is 0 Å². The Morgan fingerprint density at radius 3 is 2.50 bits per heavy atom. The number of rotatable bonds is 4. The summed E-state index contributed by atoms with van der Waals surface area (Å²) in [5, 5.41) is 14.0. The van der Waals surface area contributed by atoms with E-state index < -0.39 is 14.8 Å². The first-order valence-corrected chi connectivity index (χ1v) is 7.94. The largest absolute Gasteiger partial charge is 0.377 e. The van der Waals surface area contributed by atoms with Crippen LogP contribution in [0.1, 0.15) is 23.2 Å². The van der Waals surface area contributed by atoms with Crippen LogP contribution in [0.2, 0.25) is 0 Å². The van der Waals surface area contributed by atoms with Crippen molar-refractivity contribution in [2.75, 3.05) is 16.8 Å². The van der Waals surface area contributed by atoms with Crippen molar-refractivity contribution in [3.05, 3.63) is 33.9 Å². The summed E-state index contributed by atoms with van der Waals surface area (Å²) in [5.74, 6) is 0.176. The van der Waals surface area contributed by atoms with Crippen molar-refractivity contribution in [1.29, 1.82) is 0 Å². The van der Waals surface area contributed by atoms with Crippen LogP contribution in [0, 0.1) is 10.1 Å². The van der Waals surface area contributed by atoms with Gasteiger partial charge >= 0.3 is 0 Å². The summed E-state index contributed by atoms with van der Waals surface area (Å²) >= 11 is 0. The summed E-state index contributed by atoms with van der Waals surface area (Å²) in [4.78, 5) is 21.1. The molecule has 1 saturated heterocycles. The van der Waals surface area contributed by atoms with Crippen molar-refractivity contribution in [3.63, 3.8) is 0 Å². The van der Waals surface area contributed by atoms with E-state index in [4.69, 9.17) is 0 Å². The zero-order chi connectivity index (χ0) is 14.8. The summed E-state index contributed by atoms with van der Waals surface area (Å²) in [6.07, 6.45) is 1.40. The molecule has 0 aliphatic carbocycles. The Morgan fingerprint density at radius 2 is 1.95 bits per heavy atom. The molecule has 1 aliphatic rings. The van der Waals surface area contributed by atoms with Crippen LogP contribution in [0.5, 0.6) is 0 Å². The summed E-state index contributed by atoms with van der Waals surface area (Å²) in [6, 6.07) is 4.06. The number of hydrogen-bond donors (Lipinski definition) is 1. The van der Waals surface area contributed by atoms with Gasteiger partial charge < -0.3 is 5.32 Å². The predicted molar refractivity (Wildman–Crippen MR) is 73.8 cm³/mol. The summed E-state index contributed by atoms with van der Waals surface area (Å²) in [5.41, 5.74) is 0.362. The number of nitrogens with one attached hydrogen (secondary N) is 1. The smallest absolute Gasteiger partial charge is 0.293 e. The minimum absolute atomic E-state index is 0.0882. The highest BCUT2D eigenvalue weighted by Crippen LogP contribution is 2.27. The van der Waals surface area contributed by atoms with Gasteiger partial charge in [0.1, 0.15) is 21.8 Å². The molecule has 1 heterocycles. The Labute approximate surface area is 116 Å². The topological polar surface area (TPSA) is 106 Å². The van der Waals surface area contributed by atoms with Crippen LogP contribution < -0.4 is 5.32 Å². The van der Waals surface area contributed by atoms with Crippen LogP contribution >= 0.6 is 0 Å². The SMILES string of the molecule is O=Cc1ccc(NC2CCS(=O)(=O)CC2)c([N+](=O)[O-])c1. The lowest BCUT2D eigenvalue weighted by molar-refractivity contribution is -0.384. The molecule has 0 atom stereocenters. The normalized spacial score (nSPS) is 18.4. The molecule has 0 aromatic heterocycles. The third kappa shape index (κ3) is 3.32. The van der Waals surface area contributed by atoms with Crippen LogP contribution in [0.4, 0.5) is 11.4 Å². The van der Waals surface area contributed by atoms with Crippen LogP contribution in [0.3, 0.4) is 0 Å². The monoisotopic (exact) mass is 298 g/mol. The van der Waals surface area contributed by atoms with E-state index in [1.54, 1.807) is 0 Å². The van der Waals surface area contributed by atoms with Crippen LogP contribution in [0.25, 0.3) is 0 Å². The second-order valence-electron chi connectivity index (χ2n) is 4.72. The number of benzene rings is 1. The zero-order valence-electron chi connectivity index (χ0n) is 10.6. The van der Waals surface area contributed by atoms with E-state index >= 15 is 0 Å². The molecular formula is C12H14N2O5S. The highest BCUT2D eigenvalue weighted by Gasteiger charge is 2.25. The average Bonchev–Trinajstić information content (AvgIpc) is 2.41. The first-order valence-electron chi connectivity index (χ1n) is 6.12. The molecule has 20 heavy (non-hydrogen) atoms. The van der Waals surface area contributed by atoms with Crippen molar-refractivity contribution >= 4 is 27.5 Å². The lowest BCUT2D eigenvalue weighted by atomic mass is 10.1. The number of carbonyl (C=O) groups is 1. The third-order valence-corrected chi connectivity index (χ3v) is 4.98. The van der Waals surface area contributed by atoms with E-state index in [0.717, 1.165) is 0 Å². The molecule has 1 aromatic rings. The summed E-state index contributed by atoms with van der Waals surface area (Å²) in [7, 11) is -2.97. The maximum atomic E-state index is 11.3. The van der Waals surface area contributed by atoms with E-state index in [1.165, 1.54) is 18.2 Å². The van der Waals surface area contributed by atoms with Crippen LogP contribution in [-0.4, -0.2) is 37.2 Å². The molecule has 7 nitrogen and oxygen atoms in total. The van der Waals surface area contributed by atoms with Gasteiger partial charge in [0.2, 0.25) is 0 Å². The molecule has 0 unspecified atom stereocenters. The van der Waals surface area contributed by atoms with Crippen molar-refractivity contribution in [3.8, 4) is 0 Å². The number of nitro groups is 1. The number of aldehydes is 1. The van der Waals surface area contributed by atoms with Gasteiger partial charge in [-0.05, 0) is 25.0 Å². The van der Waals surface area contributed by atoms with Crippen LogP contribution in [-0.2, 0) is 9.84 Å². The maximum Gasteiger partial charge on any atom is 0.293 e. The van der Waals surface area contributed by atoms with Crippen molar-refractivity contribution in [1.82, 2.24) is 0 Å². The number of nitro benzene ring substituents is 1. The molecule has 108 valence electrons. The second kappa shape index (κ2) is 5.58.